The van der Waals surface area contributed by atoms with Gasteiger partial charge in [0, 0.05) is 11.7 Å². The van der Waals surface area contributed by atoms with Crippen molar-refractivity contribution in [1.29, 1.82) is 0 Å². The Bertz CT molecular complexity index is 576. The molecule has 1 saturated carbocycles. The summed E-state index contributed by atoms with van der Waals surface area (Å²) in [6, 6.07) is 9.85. The minimum atomic E-state index is 0.474. The maximum absolute atomic E-state index is 11.3. The number of rotatable bonds is 5. The van der Waals surface area contributed by atoms with Crippen molar-refractivity contribution in [2.45, 2.75) is 25.4 Å². The smallest absolute Gasteiger partial charge is 0.153 e. The first-order chi connectivity index (χ1) is 9.29. The molecule has 1 aromatic heterocycles. The third-order valence-corrected chi connectivity index (χ3v) is 3.68. The van der Waals surface area contributed by atoms with Crippen molar-refractivity contribution in [1.82, 2.24) is 0 Å². The van der Waals surface area contributed by atoms with Crippen LogP contribution in [-0.2, 0) is 6.54 Å². The molecule has 0 amide bonds. The number of carbonyl (C=O) groups excluding carboxylic acids is 1. The molecule has 1 aliphatic carbocycles. The fraction of sp³-hybridized carbons (Fsp3) is 0.267. The number of hydrogen-bond donors (Lipinski definition) is 0. The molecule has 4 heteroatoms. The van der Waals surface area contributed by atoms with Gasteiger partial charge in [-0.15, -0.1) is 0 Å². The molecular formula is C15H14ClNO2. The fourth-order valence-electron chi connectivity index (χ4n) is 2.26. The Kier molecular flexibility index (Phi) is 3.30. The van der Waals surface area contributed by atoms with Crippen LogP contribution in [-0.4, -0.2) is 12.3 Å². The van der Waals surface area contributed by atoms with E-state index in [2.05, 4.69) is 4.90 Å². The Balaban J connectivity index is 1.96. The maximum atomic E-state index is 11.3. The lowest BCUT2D eigenvalue weighted by atomic mass is 10.1. The van der Waals surface area contributed by atoms with Gasteiger partial charge in [-0.05, 0) is 37.1 Å². The van der Waals surface area contributed by atoms with Crippen LogP contribution < -0.4 is 4.90 Å². The summed E-state index contributed by atoms with van der Waals surface area (Å²) >= 11 is 6.10. The quantitative estimate of drug-likeness (QED) is 0.776. The van der Waals surface area contributed by atoms with E-state index in [9.17, 15) is 4.79 Å². The highest BCUT2D eigenvalue weighted by Gasteiger charge is 2.31. The Hall–Kier alpha value is -1.74. The van der Waals surface area contributed by atoms with Gasteiger partial charge in [-0.25, -0.2) is 0 Å². The molecule has 1 aliphatic rings. The molecule has 98 valence electrons. The molecule has 0 bridgehead atoms. The molecule has 1 heterocycles. The van der Waals surface area contributed by atoms with Crippen molar-refractivity contribution in [2.75, 3.05) is 4.90 Å². The summed E-state index contributed by atoms with van der Waals surface area (Å²) in [6.45, 7) is 0.666. The van der Waals surface area contributed by atoms with Gasteiger partial charge in [0.15, 0.2) is 6.29 Å². The number of aldehydes is 1. The van der Waals surface area contributed by atoms with Crippen molar-refractivity contribution < 1.29 is 9.21 Å². The highest BCUT2D eigenvalue weighted by atomic mass is 35.5. The highest BCUT2D eigenvalue weighted by Crippen LogP contribution is 2.36. The van der Waals surface area contributed by atoms with Crippen molar-refractivity contribution in [2.24, 2.45) is 0 Å². The third kappa shape index (κ3) is 2.51. The number of benzene rings is 1. The first-order valence-corrected chi connectivity index (χ1v) is 6.70. The number of nitrogens with zero attached hydrogens (tertiary/aromatic N) is 1. The van der Waals surface area contributed by atoms with Crippen LogP contribution in [0.3, 0.4) is 0 Å². The predicted octanol–water partition coefficient (Wildman–Crippen LogP) is 3.91. The molecule has 2 aromatic rings. The molecule has 0 radical (unpaired) electrons. The first kappa shape index (κ1) is 12.3. The molecule has 1 fully saturated rings. The lowest BCUT2D eigenvalue weighted by molar-refractivity contribution is 0.112. The zero-order valence-electron chi connectivity index (χ0n) is 10.4. The summed E-state index contributed by atoms with van der Waals surface area (Å²) in [4.78, 5) is 13.5. The van der Waals surface area contributed by atoms with E-state index in [4.69, 9.17) is 16.0 Å². The van der Waals surface area contributed by atoms with Crippen LogP contribution in [0.2, 0.25) is 5.02 Å². The number of furan rings is 1. The Morgan fingerprint density at radius 2 is 2.16 bits per heavy atom. The van der Waals surface area contributed by atoms with E-state index in [0.717, 1.165) is 30.6 Å². The van der Waals surface area contributed by atoms with Crippen LogP contribution in [0.15, 0.2) is 41.0 Å². The Labute approximate surface area is 116 Å². The molecule has 0 N–H and O–H groups in total. The summed E-state index contributed by atoms with van der Waals surface area (Å²) in [6.07, 6.45) is 4.78. The fourth-order valence-corrected chi connectivity index (χ4v) is 2.47. The number of carbonyl (C=O) groups is 1. The third-order valence-electron chi connectivity index (χ3n) is 3.35. The predicted molar refractivity (Wildman–Crippen MR) is 74.8 cm³/mol. The van der Waals surface area contributed by atoms with E-state index in [1.807, 2.05) is 24.3 Å². The van der Waals surface area contributed by atoms with Crippen LogP contribution in [0.5, 0.6) is 0 Å². The molecule has 0 aliphatic heterocycles. The van der Waals surface area contributed by atoms with E-state index in [-0.39, 0.29) is 0 Å². The largest absolute Gasteiger partial charge is 0.467 e. The zero-order valence-corrected chi connectivity index (χ0v) is 11.1. The molecule has 0 saturated heterocycles. The van der Waals surface area contributed by atoms with Gasteiger partial charge in [0.1, 0.15) is 5.76 Å². The van der Waals surface area contributed by atoms with Gasteiger partial charge >= 0.3 is 0 Å². The van der Waals surface area contributed by atoms with Crippen LogP contribution in [0.1, 0.15) is 29.0 Å². The lowest BCUT2D eigenvalue weighted by Crippen LogP contribution is -2.26. The zero-order chi connectivity index (χ0) is 13.2. The molecule has 3 nitrogen and oxygen atoms in total. The van der Waals surface area contributed by atoms with Crippen LogP contribution >= 0.6 is 11.6 Å². The van der Waals surface area contributed by atoms with Gasteiger partial charge in [0.25, 0.3) is 0 Å². The SMILES string of the molecule is O=Cc1c(Cl)cccc1N(Cc1ccco1)C1CC1. The van der Waals surface area contributed by atoms with Crippen LogP contribution in [0.25, 0.3) is 0 Å². The number of anilines is 1. The minimum absolute atomic E-state index is 0.474. The van der Waals surface area contributed by atoms with E-state index >= 15 is 0 Å². The summed E-state index contributed by atoms with van der Waals surface area (Å²) < 4.78 is 5.40. The van der Waals surface area contributed by atoms with Crippen molar-refractivity contribution in [3.8, 4) is 0 Å². The van der Waals surface area contributed by atoms with Gasteiger partial charge in [-0.2, -0.15) is 0 Å². The standard InChI is InChI=1S/C15H14ClNO2/c16-14-4-1-5-15(13(14)10-18)17(11-6-7-11)9-12-3-2-8-19-12/h1-5,8,10-11H,6-7,9H2. The summed E-state index contributed by atoms with van der Waals surface area (Å²) in [5.74, 6) is 0.892. The summed E-state index contributed by atoms with van der Waals surface area (Å²) in [5, 5.41) is 0.498. The van der Waals surface area contributed by atoms with Gasteiger partial charge < -0.3 is 9.32 Å². The van der Waals surface area contributed by atoms with Gasteiger partial charge in [0.05, 0.1) is 23.4 Å². The van der Waals surface area contributed by atoms with Crippen LogP contribution in [0, 0.1) is 0 Å². The van der Waals surface area contributed by atoms with Crippen molar-refractivity contribution >= 4 is 23.6 Å². The highest BCUT2D eigenvalue weighted by molar-refractivity contribution is 6.33. The van der Waals surface area contributed by atoms with E-state index < -0.39 is 0 Å². The Morgan fingerprint density at radius 1 is 1.32 bits per heavy atom. The Morgan fingerprint density at radius 3 is 2.79 bits per heavy atom. The van der Waals surface area contributed by atoms with Crippen LogP contribution in [0.4, 0.5) is 5.69 Å². The van der Waals surface area contributed by atoms with Crippen molar-refractivity contribution in [3.63, 3.8) is 0 Å². The summed E-state index contributed by atoms with van der Waals surface area (Å²) in [7, 11) is 0. The molecule has 19 heavy (non-hydrogen) atoms. The number of hydrogen-bond acceptors (Lipinski definition) is 3. The molecule has 0 unspecified atom stereocenters. The van der Waals surface area contributed by atoms with E-state index in [0.29, 0.717) is 23.2 Å². The summed E-state index contributed by atoms with van der Waals surface area (Å²) in [5.41, 5.74) is 1.45. The molecular weight excluding hydrogens is 262 g/mol. The topological polar surface area (TPSA) is 33.5 Å². The molecule has 0 atom stereocenters. The second-order valence-electron chi connectivity index (χ2n) is 4.73. The van der Waals surface area contributed by atoms with Gasteiger partial charge in [-0.3, -0.25) is 4.79 Å². The molecule has 1 aromatic carbocycles. The average Bonchev–Trinajstić information content (AvgIpc) is 3.13. The van der Waals surface area contributed by atoms with E-state index in [1.165, 1.54) is 0 Å². The first-order valence-electron chi connectivity index (χ1n) is 6.32. The maximum Gasteiger partial charge on any atom is 0.153 e. The molecule has 3 rings (SSSR count). The minimum Gasteiger partial charge on any atom is -0.467 e. The van der Waals surface area contributed by atoms with Crippen molar-refractivity contribution in [3.05, 3.63) is 52.9 Å². The normalized spacial score (nSPS) is 14.4. The monoisotopic (exact) mass is 275 g/mol. The van der Waals surface area contributed by atoms with Gasteiger partial charge in [0.2, 0.25) is 0 Å². The molecule has 0 spiro atoms. The second-order valence-corrected chi connectivity index (χ2v) is 5.14. The van der Waals surface area contributed by atoms with E-state index in [1.54, 1.807) is 12.3 Å². The lowest BCUT2D eigenvalue weighted by Gasteiger charge is -2.25. The number of halogens is 1. The van der Waals surface area contributed by atoms with Gasteiger partial charge in [-0.1, -0.05) is 17.7 Å². The average molecular weight is 276 g/mol. The second kappa shape index (κ2) is 5.10.